The van der Waals surface area contributed by atoms with Crippen molar-refractivity contribution < 1.29 is 9.59 Å². The number of rotatable bonds is 5. The number of amides is 1. The SMILES string of the molecule is Cc1ccc(C(=O)NC2CC2)cc1-c1ccc(C(=O)c2ccccc2)cc1. The molecule has 0 aliphatic heterocycles. The highest BCUT2D eigenvalue weighted by molar-refractivity contribution is 6.09. The van der Waals surface area contributed by atoms with Gasteiger partial charge in [-0.25, -0.2) is 0 Å². The minimum atomic E-state index is -0.0189. The number of ketones is 1. The van der Waals surface area contributed by atoms with Crippen molar-refractivity contribution in [3.63, 3.8) is 0 Å². The third-order valence-electron chi connectivity index (χ3n) is 4.91. The fourth-order valence-electron chi connectivity index (χ4n) is 3.13. The lowest BCUT2D eigenvalue weighted by Gasteiger charge is -2.10. The van der Waals surface area contributed by atoms with Crippen LogP contribution < -0.4 is 5.32 Å². The zero-order valence-electron chi connectivity index (χ0n) is 15.2. The molecule has 3 aromatic rings. The second-order valence-corrected chi connectivity index (χ2v) is 7.05. The molecular weight excluding hydrogens is 334 g/mol. The average Bonchev–Trinajstić information content (AvgIpc) is 3.52. The van der Waals surface area contributed by atoms with Gasteiger partial charge >= 0.3 is 0 Å². The molecule has 1 amide bonds. The molecule has 0 spiro atoms. The molecule has 0 atom stereocenters. The van der Waals surface area contributed by atoms with Crippen molar-refractivity contribution in [2.24, 2.45) is 0 Å². The quantitative estimate of drug-likeness (QED) is 0.669. The van der Waals surface area contributed by atoms with Crippen LogP contribution in [0.3, 0.4) is 0 Å². The molecule has 4 rings (SSSR count). The smallest absolute Gasteiger partial charge is 0.251 e. The summed E-state index contributed by atoms with van der Waals surface area (Å²) in [6.45, 7) is 2.03. The van der Waals surface area contributed by atoms with Crippen LogP contribution in [0.25, 0.3) is 11.1 Å². The summed E-state index contributed by atoms with van der Waals surface area (Å²) in [5, 5.41) is 3.03. The Morgan fingerprint density at radius 1 is 0.815 bits per heavy atom. The van der Waals surface area contributed by atoms with Crippen molar-refractivity contribution in [1.29, 1.82) is 0 Å². The molecule has 0 radical (unpaired) electrons. The third-order valence-corrected chi connectivity index (χ3v) is 4.91. The zero-order valence-corrected chi connectivity index (χ0v) is 15.2. The molecule has 0 unspecified atom stereocenters. The number of benzene rings is 3. The molecule has 1 saturated carbocycles. The third kappa shape index (κ3) is 3.82. The van der Waals surface area contributed by atoms with E-state index in [0.29, 0.717) is 22.7 Å². The van der Waals surface area contributed by atoms with Crippen molar-refractivity contribution >= 4 is 11.7 Å². The highest BCUT2D eigenvalue weighted by atomic mass is 16.1. The fourth-order valence-corrected chi connectivity index (χ4v) is 3.13. The number of nitrogens with one attached hydrogen (secondary N) is 1. The first-order chi connectivity index (χ1) is 13.1. The first-order valence-electron chi connectivity index (χ1n) is 9.23. The standard InChI is InChI=1S/C24H21NO2/c1-16-7-8-20(24(27)25-21-13-14-21)15-22(16)17-9-11-19(12-10-17)23(26)18-5-3-2-4-6-18/h2-12,15,21H,13-14H2,1H3,(H,25,27). The van der Waals surface area contributed by atoms with Gasteiger partial charge < -0.3 is 5.32 Å². The van der Waals surface area contributed by atoms with Gasteiger partial charge in [-0.15, -0.1) is 0 Å². The van der Waals surface area contributed by atoms with Crippen LogP contribution >= 0.6 is 0 Å². The largest absolute Gasteiger partial charge is 0.349 e. The zero-order chi connectivity index (χ0) is 18.8. The number of aryl methyl sites for hydroxylation is 1. The van der Waals surface area contributed by atoms with Crippen molar-refractivity contribution in [3.05, 3.63) is 95.1 Å². The Balaban J connectivity index is 1.60. The van der Waals surface area contributed by atoms with Crippen LogP contribution in [0.15, 0.2) is 72.8 Å². The van der Waals surface area contributed by atoms with E-state index in [2.05, 4.69) is 5.32 Å². The Bertz CT molecular complexity index is 987. The normalized spacial score (nSPS) is 13.2. The predicted molar refractivity (Wildman–Crippen MR) is 107 cm³/mol. The monoisotopic (exact) mass is 355 g/mol. The summed E-state index contributed by atoms with van der Waals surface area (Å²) in [6.07, 6.45) is 2.14. The van der Waals surface area contributed by atoms with Gasteiger partial charge in [-0.05, 0) is 48.6 Å². The number of hydrogen-bond acceptors (Lipinski definition) is 2. The Labute approximate surface area is 159 Å². The molecule has 0 bridgehead atoms. The van der Waals surface area contributed by atoms with Crippen LogP contribution in [0.2, 0.25) is 0 Å². The maximum atomic E-state index is 12.6. The summed E-state index contributed by atoms with van der Waals surface area (Å²) in [4.78, 5) is 24.9. The van der Waals surface area contributed by atoms with Crippen LogP contribution in [0.4, 0.5) is 0 Å². The van der Waals surface area contributed by atoms with E-state index >= 15 is 0 Å². The van der Waals surface area contributed by atoms with Gasteiger partial charge in [-0.2, -0.15) is 0 Å². The maximum Gasteiger partial charge on any atom is 0.251 e. The Hall–Kier alpha value is -3.20. The Morgan fingerprint density at radius 3 is 2.11 bits per heavy atom. The van der Waals surface area contributed by atoms with Gasteiger partial charge in [-0.1, -0.05) is 60.7 Å². The Morgan fingerprint density at radius 2 is 1.44 bits per heavy atom. The van der Waals surface area contributed by atoms with Gasteiger partial charge in [0.2, 0.25) is 0 Å². The minimum Gasteiger partial charge on any atom is -0.349 e. The van der Waals surface area contributed by atoms with Gasteiger partial charge in [0.1, 0.15) is 0 Å². The molecule has 3 aromatic carbocycles. The number of carbonyl (C=O) groups is 2. The molecule has 3 heteroatoms. The van der Waals surface area contributed by atoms with Gasteiger partial charge in [0.25, 0.3) is 5.91 Å². The molecule has 1 N–H and O–H groups in total. The van der Waals surface area contributed by atoms with Gasteiger partial charge in [0, 0.05) is 22.7 Å². The number of carbonyl (C=O) groups excluding carboxylic acids is 2. The maximum absolute atomic E-state index is 12.6. The summed E-state index contributed by atoms with van der Waals surface area (Å²) in [5.74, 6) is -0.00828. The molecule has 1 aliphatic carbocycles. The molecule has 27 heavy (non-hydrogen) atoms. The van der Waals surface area contributed by atoms with Crippen LogP contribution in [0, 0.1) is 6.92 Å². The fraction of sp³-hybridized carbons (Fsp3) is 0.167. The van der Waals surface area contributed by atoms with E-state index in [1.54, 1.807) is 0 Å². The lowest BCUT2D eigenvalue weighted by molar-refractivity contribution is 0.0950. The van der Waals surface area contributed by atoms with Crippen LogP contribution in [0.1, 0.15) is 44.7 Å². The van der Waals surface area contributed by atoms with E-state index < -0.39 is 0 Å². The lowest BCUT2D eigenvalue weighted by Crippen LogP contribution is -2.25. The highest BCUT2D eigenvalue weighted by Crippen LogP contribution is 2.26. The lowest BCUT2D eigenvalue weighted by atomic mass is 9.95. The average molecular weight is 355 g/mol. The summed E-state index contributed by atoms with van der Waals surface area (Å²) in [6, 6.07) is 23.0. The van der Waals surface area contributed by atoms with Crippen molar-refractivity contribution in [2.45, 2.75) is 25.8 Å². The van der Waals surface area contributed by atoms with Crippen LogP contribution in [-0.4, -0.2) is 17.7 Å². The highest BCUT2D eigenvalue weighted by Gasteiger charge is 2.24. The summed E-state index contributed by atoms with van der Waals surface area (Å²) in [5.41, 5.74) is 5.12. The number of hydrogen-bond donors (Lipinski definition) is 1. The van der Waals surface area contributed by atoms with Gasteiger partial charge in [0.05, 0.1) is 0 Å². The summed E-state index contributed by atoms with van der Waals surface area (Å²) >= 11 is 0. The van der Waals surface area contributed by atoms with Crippen molar-refractivity contribution in [1.82, 2.24) is 5.32 Å². The Kier molecular flexibility index (Phi) is 4.59. The molecule has 0 heterocycles. The van der Waals surface area contributed by atoms with Crippen molar-refractivity contribution in [3.8, 4) is 11.1 Å². The summed E-state index contributed by atoms with van der Waals surface area (Å²) in [7, 11) is 0. The van der Waals surface area contributed by atoms with E-state index in [9.17, 15) is 9.59 Å². The van der Waals surface area contributed by atoms with E-state index in [1.807, 2.05) is 79.7 Å². The first-order valence-corrected chi connectivity index (χ1v) is 9.23. The predicted octanol–water partition coefficient (Wildman–Crippen LogP) is 4.79. The minimum absolute atomic E-state index is 0.0106. The van der Waals surface area contributed by atoms with E-state index in [1.165, 1.54) is 0 Å². The molecular formula is C24H21NO2. The van der Waals surface area contributed by atoms with Gasteiger partial charge in [-0.3, -0.25) is 9.59 Å². The van der Waals surface area contributed by atoms with Crippen LogP contribution in [0.5, 0.6) is 0 Å². The van der Waals surface area contributed by atoms with Gasteiger partial charge in [0.15, 0.2) is 5.78 Å². The molecule has 0 saturated heterocycles. The molecule has 1 fully saturated rings. The second kappa shape index (κ2) is 7.20. The van der Waals surface area contributed by atoms with E-state index in [-0.39, 0.29) is 11.7 Å². The molecule has 1 aliphatic rings. The molecule has 0 aromatic heterocycles. The van der Waals surface area contributed by atoms with Crippen LogP contribution in [-0.2, 0) is 0 Å². The van der Waals surface area contributed by atoms with E-state index in [4.69, 9.17) is 0 Å². The molecule has 134 valence electrons. The topological polar surface area (TPSA) is 46.2 Å². The first kappa shape index (κ1) is 17.2. The van der Waals surface area contributed by atoms with Crippen molar-refractivity contribution in [2.75, 3.05) is 0 Å². The van der Waals surface area contributed by atoms with E-state index in [0.717, 1.165) is 29.5 Å². The molecule has 3 nitrogen and oxygen atoms in total. The summed E-state index contributed by atoms with van der Waals surface area (Å²) < 4.78 is 0. The second-order valence-electron chi connectivity index (χ2n) is 7.05.